The molecule has 0 N–H and O–H groups in total. The molecule has 0 atom stereocenters. The molecule has 0 aromatic heterocycles. The van der Waals surface area contributed by atoms with Crippen LogP contribution in [0.5, 0.6) is 0 Å². The van der Waals surface area contributed by atoms with Crippen LogP contribution in [0.2, 0.25) is 0 Å². The van der Waals surface area contributed by atoms with Gasteiger partial charge in [-0.3, -0.25) is 0 Å². The first-order valence-electron chi connectivity index (χ1n) is 3.14. The number of carbonyl (C=O) groups is 2. The van der Waals surface area contributed by atoms with Crippen molar-refractivity contribution in [3.63, 3.8) is 0 Å². The zero-order valence-electron chi connectivity index (χ0n) is 6.94. The van der Waals surface area contributed by atoms with Gasteiger partial charge in [-0.05, 0) is 0 Å². The number of hydrogen-bond acceptors (Lipinski definition) is 4. The van der Waals surface area contributed by atoms with Gasteiger partial charge in [0.1, 0.15) is 0 Å². The van der Waals surface area contributed by atoms with Crippen LogP contribution in [0.1, 0.15) is 20.7 Å². The maximum Gasteiger partial charge on any atom is 1.00 e. The molecule has 0 amide bonds. The number of carboxylic acids is 2. The second-order valence-corrected chi connectivity index (χ2v) is 2.12. The summed E-state index contributed by atoms with van der Waals surface area (Å²) in [4.78, 5) is 20.6. The molecule has 1 aromatic rings. The molecule has 0 bridgehead atoms. The van der Waals surface area contributed by atoms with E-state index in [0.29, 0.717) is 0 Å². The third-order valence-electron chi connectivity index (χ3n) is 1.37. The zero-order chi connectivity index (χ0) is 9.14. The monoisotopic (exact) mass is 187 g/mol. The number of benzene rings is 1. The van der Waals surface area contributed by atoms with Crippen LogP contribution in [0.25, 0.3) is 0 Å². The molecular formula is C8H4NaO4-. The van der Waals surface area contributed by atoms with Crippen molar-refractivity contribution in [1.82, 2.24) is 0 Å². The molecule has 13 heavy (non-hydrogen) atoms. The van der Waals surface area contributed by atoms with Gasteiger partial charge in [0, 0.05) is 11.1 Å². The summed E-state index contributed by atoms with van der Waals surface area (Å²) in [6.07, 6.45) is 0. The molecule has 0 unspecified atom stereocenters. The molecule has 4 nitrogen and oxygen atoms in total. The topological polar surface area (TPSA) is 80.3 Å². The van der Waals surface area contributed by atoms with Crippen molar-refractivity contribution in [2.45, 2.75) is 0 Å². The minimum Gasteiger partial charge on any atom is -0.545 e. The predicted molar refractivity (Wildman–Crippen MR) is 35.1 cm³/mol. The Bertz CT molecular complexity index is 302. The van der Waals surface area contributed by atoms with E-state index in [2.05, 4.69) is 0 Å². The van der Waals surface area contributed by atoms with E-state index in [1.165, 1.54) is 12.1 Å². The molecule has 1 rings (SSSR count). The van der Waals surface area contributed by atoms with Crippen molar-refractivity contribution in [3.8, 4) is 0 Å². The summed E-state index contributed by atoms with van der Waals surface area (Å²) >= 11 is 0. The third-order valence-corrected chi connectivity index (χ3v) is 1.37. The SMILES string of the molecule is O=C([O-])c1ccccc1C(=O)[O-].[Na+]. The average Bonchev–Trinajstić information content (AvgIpc) is 2.04. The molecule has 0 saturated heterocycles. The Morgan fingerprint density at radius 2 is 1.23 bits per heavy atom. The van der Waals surface area contributed by atoms with Crippen molar-refractivity contribution < 1.29 is 49.4 Å². The summed E-state index contributed by atoms with van der Waals surface area (Å²) in [5.41, 5.74) is -0.727. The average molecular weight is 187 g/mol. The molecular weight excluding hydrogens is 183 g/mol. The van der Waals surface area contributed by atoms with Gasteiger partial charge < -0.3 is 19.8 Å². The summed E-state index contributed by atoms with van der Waals surface area (Å²) in [7, 11) is 0. The van der Waals surface area contributed by atoms with Gasteiger partial charge >= 0.3 is 29.6 Å². The van der Waals surface area contributed by atoms with Crippen LogP contribution in [0.15, 0.2) is 24.3 Å². The van der Waals surface area contributed by atoms with Gasteiger partial charge in [-0.15, -0.1) is 0 Å². The number of carbonyl (C=O) groups excluding carboxylic acids is 2. The van der Waals surface area contributed by atoms with Crippen molar-refractivity contribution in [2.75, 3.05) is 0 Å². The molecule has 62 valence electrons. The zero-order valence-corrected chi connectivity index (χ0v) is 8.94. The van der Waals surface area contributed by atoms with Gasteiger partial charge in [-0.1, -0.05) is 24.3 Å². The van der Waals surface area contributed by atoms with Gasteiger partial charge in [-0.25, -0.2) is 0 Å². The van der Waals surface area contributed by atoms with Crippen LogP contribution < -0.4 is 39.8 Å². The van der Waals surface area contributed by atoms with Crippen molar-refractivity contribution >= 4 is 11.9 Å². The maximum atomic E-state index is 10.3. The van der Waals surface area contributed by atoms with Gasteiger partial charge in [-0.2, -0.15) is 0 Å². The van der Waals surface area contributed by atoms with Crippen LogP contribution in [0, 0.1) is 0 Å². The molecule has 0 aliphatic heterocycles. The maximum absolute atomic E-state index is 10.3. The Kier molecular flexibility index (Phi) is 4.69. The second kappa shape index (κ2) is 5.01. The first-order chi connectivity index (χ1) is 5.63. The summed E-state index contributed by atoms with van der Waals surface area (Å²) in [5.74, 6) is -3.04. The Labute approximate surface area is 96.5 Å². The van der Waals surface area contributed by atoms with E-state index < -0.39 is 11.9 Å². The summed E-state index contributed by atoms with van der Waals surface area (Å²) in [6, 6.07) is 5.14. The van der Waals surface area contributed by atoms with Crippen molar-refractivity contribution in [3.05, 3.63) is 35.4 Å². The fraction of sp³-hybridized carbons (Fsp3) is 0. The van der Waals surface area contributed by atoms with Crippen LogP contribution in [-0.2, 0) is 0 Å². The minimum atomic E-state index is -1.52. The van der Waals surface area contributed by atoms with Crippen LogP contribution in [-0.4, -0.2) is 11.9 Å². The molecule has 0 aliphatic rings. The quantitative estimate of drug-likeness (QED) is 0.436. The first-order valence-corrected chi connectivity index (χ1v) is 3.14. The number of hydrogen-bond donors (Lipinski definition) is 0. The normalized spacial score (nSPS) is 8.62. The van der Waals surface area contributed by atoms with E-state index in [1.807, 2.05) is 0 Å². The summed E-state index contributed by atoms with van der Waals surface area (Å²) < 4.78 is 0. The fourth-order valence-electron chi connectivity index (χ4n) is 0.839. The number of carboxylic acid groups (broad SMARTS) is 2. The standard InChI is InChI=1S/C8H6O4.Na/c9-7(10)5-3-1-2-4-6(5)8(11)12;/h1-4H,(H,9,10)(H,11,12);/q;+1/p-2. The van der Waals surface area contributed by atoms with Crippen LogP contribution >= 0.6 is 0 Å². The van der Waals surface area contributed by atoms with E-state index in [-0.39, 0.29) is 40.7 Å². The summed E-state index contributed by atoms with van der Waals surface area (Å²) in [6.45, 7) is 0. The van der Waals surface area contributed by atoms with Gasteiger partial charge in [0.25, 0.3) is 0 Å². The molecule has 0 saturated carbocycles. The molecule has 5 heteroatoms. The smallest absolute Gasteiger partial charge is 0.545 e. The van der Waals surface area contributed by atoms with E-state index in [9.17, 15) is 19.8 Å². The molecule has 0 fully saturated rings. The number of rotatable bonds is 2. The Morgan fingerprint density at radius 3 is 1.46 bits per heavy atom. The molecule has 1 aromatic carbocycles. The fourth-order valence-corrected chi connectivity index (χ4v) is 0.839. The van der Waals surface area contributed by atoms with E-state index >= 15 is 0 Å². The molecule has 0 aliphatic carbocycles. The van der Waals surface area contributed by atoms with Crippen molar-refractivity contribution in [2.24, 2.45) is 0 Å². The van der Waals surface area contributed by atoms with Crippen LogP contribution in [0.3, 0.4) is 0 Å². The predicted octanol–water partition coefficient (Wildman–Crippen LogP) is -4.58. The van der Waals surface area contributed by atoms with E-state index in [4.69, 9.17) is 0 Å². The Balaban J connectivity index is 0.00000144. The third kappa shape index (κ3) is 2.84. The van der Waals surface area contributed by atoms with E-state index in [0.717, 1.165) is 12.1 Å². The van der Waals surface area contributed by atoms with Gasteiger partial charge in [0.2, 0.25) is 0 Å². The van der Waals surface area contributed by atoms with E-state index in [1.54, 1.807) is 0 Å². The summed E-state index contributed by atoms with van der Waals surface area (Å²) in [5, 5.41) is 20.6. The Hall–Kier alpha value is -0.840. The first kappa shape index (κ1) is 12.2. The van der Waals surface area contributed by atoms with Gasteiger partial charge in [0.15, 0.2) is 0 Å². The minimum absolute atomic E-state index is 0. The Morgan fingerprint density at radius 1 is 0.923 bits per heavy atom. The van der Waals surface area contributed by atoms with Gasteiger partial charge in [0.05, 0.1) is 11.9 Å². The molecule has 0 spiro atoms. The van der Waals surface area contributed by atoms with Crippen LogP contribution in [0.4, 0.5) is 0 Å². The molecule has 0 radical (unpaired) electrons. The second-order valence-electron chi connectivity index (χ2n) is 2.12. The number of aromatic carboxylic acids is 2. The molecule has 0 heterocycles. The largest absolute Gasteiger partial charge is 1.00 e. The van der Waals surface area contributed by atoms with Crippen molar-refractivity contribution in [1.29, 1.82) is 0 Å².